The van der Waals surface area contributed by atoms with E-state index in [0.29, 0.717) is 11.4 Å². The molecule has 0 unspecified atom stereocenters. The maximum Gasteiger partial charge on any atom is 0.169 e. The average molecular weight is 273 g/mol. The lowest BCUT2D eigenvalue weighted by atomic mass is 10.2. The van der Waals surface area contributed by atoms with Crippen LogP contribution in [0.4, 0.5) is 21.5 Å². The topological polar surface area (TPSA) is 58.5 Å². The first kappa shape index (κ1) is 13.2. The first-order chi connectivity index (χ1) is 8.54. The second-order valence-electron chi connectivity index (χ2n) is 4.45. The number of likely N-dealkylation sites (N-methyl/N-ethyl adjacent to an activating group) is 1. The zero-order valence-electron chi connectivity index (χ0n) is 10.4. The molecular weight excluding hydrogens is 255 g/mol. The van der Waals surface area contributed by atoms with Crippen molar-refractivity contribution in [1.82, 2.24) is 4.90 Å². The van der Waals surface area contributed by atoms with Gasteiger partial charge in [0.15, 0.2) is 5.82 Å². The lowest BCUT2D eigenvalue weighted by Crippen LogP contribution is -2.46. The minimum absolute atomic E-state index is 0.0443. The van der Waals surface area contributed by atoms with Crippen LogP contribution in [0.25, 0.3) is 0 Å². The Morgan fingerprint density at radius 2 is 1.83 bits per heavy atom. The molecule has 4 nitrogen and oxygen atoms in total. The van der Waals surface area contributed by atoms with E-state index in [1.54, 1.807) is 0 Å². The molecule has 1 saturated heterocycles. The summed E-state index contributed by atoms with van der Waals surface area (Å²) in [5.74, 6) is -0.515. The predicted molar refractivity (Wildman–Crippen MR) is 74.6 cm³/mol. The van der Waals surface area contributed by atoms with Crippen LogP contribution >= 0.6 is 11.6 Å². The van der Waals surface area contributed by atoms with Crippen molar-refractivity contribution in [3.63, 3.8) is 0 Å². The monoisotopic (exact) mass is 272 g/mol. The van der Waals surface area contributed by atoms with E-state index in [-0.39, 0.29) is 10.7 Å². The van der Waals surface area contributed by atoms with E-state index in [9.17, 15) is 4.39 Å². The van der Waals surface area contributed by atoms with Crippen LogP contribution in [0.5, 0.6) is 0 Å². The van der Waals surface area contributed by atoms with Crippen molar-refractivity contribution in [2.24, 2.45) is 0 Å². The van der Waals surface area contributed by atoms with Crippen molar-refractivity contribution in [1.29, 1.82) is 0 Å². The molecule has 18 heavy (non-hydrogen) atoms. The molecule has 0 aliphatic carbocycles. The molecule has 0 amide bonds. The fraction of sp³-hybridized carbons (Fsp3) is 0.500. The summed E-state index contributed by atoms with van der Waals surface area (Å²) >= 11 is 5.84. The summed E-state index contributed by atoms with van der Waals surface area (Å²) in [4.78, 5) is 4.24. The Hall–Kier alpha value is -1.20. The van der Waals surface area contributed by atoms with Gasteiger partial charge in [0.1, 0.15) is 5.02 Å². The molecule has 1 aliphatic rings. The fourth-order valence-corrected chi connectivity index (χ4v) is 2.41. The maximum absolute atomic E-state index is 14.1. The SMILES string of the molecule is CCN1CCN(c2c(N)cc(N)c(Cl)c2F)CC1. The molecule has 0 atom stereocenters. The molecule has 1 heterocycles. The van der Waals surface area contributed by atoms with Gasteiger partial charge in [0.2, 0.25) is 0 Å². The first-order valence-electron chi connectivity index (χ1n) is 6.04. The molecule has 2 rings (SSSR count). The predicted octanol–water partition coefficient (Wildman–Crippen LogP) is 1.79. The number of nitrogen functional groups attached to an aromatic ring is 2. The number of nitrogens with two attached hydrogens (primary N) is 2. The van der Waals surface area contributed by atoms with E-state index in [4.69, 9.17) is 23.1 Å². The van der Waals surface area contributed by atoms with E-state index >= 15 is 0 Å². The molecule has 4 N–H and O–H groups in total. The first-order valence-corrected chi connectivity index (χ1v) is 6.42. The quantitative estimate of drug-likeness (QED) is 0.806. The third-order valence-corrected chi connectivity index (χ3v) is 3.76. The van der Waals surface area contributed by atoms with E-state index < -0.39 is 5.82 Å². The molecule has 0 bridgehead atoms. The highest BCUT2D eigenvalue weighted by atomic mass is 35.5. The van der Waals surface area contributed by atoms with Gasteiger partial charge in [0.05, 0.1) is 17.1 Å². The van der Waals surface area contributed by atoms with Crippen molar-refractivity contribution in [3.05, 3.63) is 16.9 Å². The van der Waals surface area contributed by atoms with Gasteiger partial charge in [-0.15, -0.1) is 0 Å². The molecular formula is C12H18ClFN4. The Morgan fingerprint density at radius 3 is 2.39 bits per heavy atom. The number of halogens is 2. The van der Waals surface area contributed by atoms with E-state index in [1.807, 2.05) is 4.90 Å². The van der Waals surface area contributed by atoms with Gasteiger partial charge in [-0.1, -0.05) is 18.5 Å². The van der Waals surface area contributed by atoms with Gasteiger partial charge in [0.25, 0.3) is 0 Å². The lowest BCUT2D eigenvalue weighted by molar-refractivity contribution is 0.270. The van der Waals surface area contributed by atoms with Crippen molar-refractivity contribution in [2.75, 3.05) is 49.1 Å². The summed E-state index contributed by atoms with van der Waals surface area (Å²) in [7, 11) is 0. The Bertz CT molecular complexity index is 444. The summed E-state index contributed by atoms with van der Waals surface area (Å²) in [5, 5.41) is -0.0443. The second-order valence-corrected chi connectivity index (χ2v) is 4.83. The molecule has 1 aromatic carbocycles. The van der Waals surface area contributed by atoms with Gasteiger partial charge in [0, 0.05) is 26.2 Å². The van der Waals surface area contributed by atoms with E-state index in [1.165, 1.54) is 6.07 Å². The number of hydrogen-bond donors (Lipinski definition) is 2. The van der Waals surface area contributed by atoms with Crippen LogP contribution in [0.1, 0.15) is 6.92 Å². The zero-order chi connectivity index (χ0) is 13.3. The molecule has 1 fully saturated rings. The van der Waals surface area contributed by atoms with Gasteiger partial charge in [-0.3, -0.25) is 0 Å². The Balaban J connectivity index is 2.27. The number of anilines is 3. The third kappa shape index (κ3) is 2.33. The van der Waals surface area contributed by atoms with Gasteiger partial charge in [-0.2, -0.15) is 0 Å². The maximum atomic E-state index is 14.1. The van der Waals surface area contributed by atoms with Gasteiger partial charge in [-0.25, -0.2) is 4.39 Å². The summed E-state index contributed by atoms with van der Waals surface area (Å²) < 4.78 is 14.1. The highest BCUT2D eigenvalue weighted by molar-refractivity contribution is 6.33. The molecule has 0 aromatic heterocycles. The van der Waals surface area contributed by atoms with Crippen molar-refractivity contribution in [3.8, 4) is 0 Å². The van der Waals surface area contributed by atoms with E-state index in [0.717, 1.165) is 32.7 Å². The van der Waals surface area contributed by atoms with Crippen LogP contribution in [-0.2, 0) is 0 Å². The van der Waals surface area contributed by atoms with Crippen molar-refractivity contribution >= 4 is 28.7 Å². The largest absolute Gasteiger partial charge is 0.397 e. The molecule has 0 spiro atoms. The second kappa shape index (κ2) is 5.20. The summed E-state index contributed by atoms with van der Waals surface area (Å²) in [6, 6.07) is 1.52. The zero-order valence-corrected chi connectivity index (χ0v) is 11.2. The smallest absolute Gasteiger partial charge is 0.169 e. The van der Waals surface area contributed by atoms with E-state index in [2.05, 4.69) is 11.8 Å². The molecule has 1 aromatic rings. The minimum Gasteiger partial charge on any atom is -0.397 e. The van der Waals surface area contributed by atoms with Gasteiger partial charge in [-0.05, 0) is 12.6 Å². The molecule has 100 valence electrons. The van der Waals surface area contributed by atoms with Crippen LogP contribution < -0.4 is 16.4 Å². The Labute approximate surface area is 111 Å². The number of rotatable bonds is 2. The molecule has 6 heteroatoms. The fourth-order valence-electron chi connectivity index (χ4n) is 2.27. The normalized spacial score (nSPS) is 17.2. The standard InChI is InChI=1S/C12H18ClFN4/c1-2-17-3-5-18(6-4-17)12-9(16)7-8(15)10(13)11(12)14/h7H,2-6,15-16H2,1H3. The van der Waals surface area contributed by atoms with Crippen LogP contribution in [-0.4, -0.2) is 37.6 Å². The summed E-state index contributed by atoms with van der Waals surface area (Å²) in [6.07, 6.45) is 0. The number of piperazine rings is 1. The highest BCUT2D eigenvalue weighted by Gasteiger charge is 2.23. The molecule has 1 aliphatic heterocycles. The number of hydrogen-bond acceptors (Lipinski definition) is 4. The number of benzene rings is 1. The van der Waals surface area contributed by atoms with Crippen molar-refractivity contribution in [2.45, 2.75) is 6.92 Å². The van der Waals surface area contributed by atoms with Crippen LogP contribution in [0.15, 0.2) is 6.07 Å². The third-order valence-electron chi connectivity index (χ3n) is 3.37. The van der Waals surface area contributed by atoms with Crippen LogP contribution in [0.3, 0.4) is 0 Å². The summed E-state index contributed by atoms with van der Waals surface area (Å²) in [5.41, 5.74) is 12.3. The molecule has 0 saturated carbocycles. The average Bonchev–Trinajstić information content (AvgIpc) is 2.37. The number of nitrogens with zero attached hydrogens (tertiary/aromatic N) is 2. The molecule has 0 radical (unpaired) electrons. The van der Waals surface area contributed by atoms with Crippen LogP contribution in [0.2, 0.25) is 5.02 Å². The van der Waals surface area contributed by atoms with Crippen LogP contribution in [0, 0.1) is 5.82 Å². The lowest BCUT2D eigenvalue weighted by Gasteiger charge is -2.36. The van der Waals surface area contributed by atoms with Gasteiger partial charge >= 0.3 is 0 Å². The van der Waals surface area contributed by atoms with Gasteiger partial charge < -0.3 is 21.3 Å². The summed E-state index contributed by atoms with van der Waals surface area (Å²) in [6.45, 7) is 6.41. The Kier molecular flexibility index (Phi) is 3.82. The van der Waals surface area contributed by atoms with Crippen molar-refractivity contribution < 1.29 is 4.39 Å². The Morgan fingerprint density at radius 1 is 1.22 bits per heavy atom. The minimum atomic E-state index is -0.515. The highest BCUT2D eigenvalue weighted by Crippen LogP contribution is 2.36.